The third-order valence-corrected chi connectivity index (χ3v) is 4.76. The molecule has 4 rings (SSSR count). The van der Waals surface area contributed by atoms with Crippen molar-refractivity contribution in [2.24, 2.45) is 13.0 Å². The number of benzene rings is 2. The zero-order chi connectivity index (χ0) is 17.4. The molecule has 0 atom stereocenters. The molecule has 5 heteroatoms. The number of aryl methyl sites for hydroxylation is 1. The first-order valence-corrected chi connectivity index (χ1v) is 8.61. The molecular formula is C20H21N3O2. The maximum atomic E-state index is 11.8. The van der Waals surface area contributed by atoms with Gasteiger partial charge in [0.05, 0.1) is 23.6 Å². The first-order chi connectivity index (χ1) is 12.2. The first-order valence-electron chi connectivity index (χ1n) is 8.61. The Balaban J connectivity index is 1.58. The lowest BCUT2D eigenvalue weighted by Crippen LogP contribution is -2.51. The van der Waals surface area contributed by atoms with E-state index in [0.717, 1.165) is 28.1 Å². The summed E-state index contributed by atoms with van der Waals surface area (Å²) in [5.41, 5.74) is 4.31. The number of hydrogen-bond donors (Lipinski definition) is 0. The van der Waals surface area contributed by atoms with Crippen LogP contribution >= 0.6 is 0 Å². The first kappa shape index (κ1) is 15.7. The second-order valence-electron chi connectivity index (χ2n) is 6.39. The van der Waals surface area contributed by atoms with Crippen molar-refractivity contribution in [3.63, 3.8) is 0 Å². The predicted octanol–water partition coefficient (Wildman–Crippen LogP) is 3.24. The SMILES string of the molecule is CCOC(=O)C1CN(c2cccc(-c3nc4ccccc4n3C)c2)C1. The lowest BCUT2D eigenvalue weighted by Gasteiger charge is -2.39. The fraction of sp³-hybridized carbons (Fsp3) is 0.300. The highest BCUT2D eigenvalue weighted by molar-refractivity contribution is 5.81. The fourth-order valence-electron chi connectivity index (χ4n) is 3.34. The van der Waals surface area contributed by atoms with Gasteiger partial charge in [-0.3, -0.25) is 4.79 Å². The van der Waals surface area contributed by atoms with Crippen molar-refractivity contribution in [2.45, 2.75) is 6.92 Å². The zero-order valence-electron chi connectivity index (χ0n) is 14.5. The number of rotatable bonds is 4. The number of imidazole rings is 1. The van der Waals surface area contributed by atoms with Crippen LogP contribution in [0.3, 0.4) is 0 Å². The van der Waals surface area contributed by atoms with E-state index in [9.17, 15) is 4.79 Å². The van der Waals surface area contributed by atoms with Crippen LogP contribution in [-0.4, -0.2) is 35.2 Å². The second kappa shape index (κ2) is 6.24. The predicted molar refractivity (Wildman–Crippen MR) is 98.5 cm³/mol. The van der Waals surface area contributed by atoms with Gasteiger partial charge in [0.15, 0.2) is 0 Å². The number of anilines is 1. The van der Waals surface area contributed by atoms with E-state index in [1.165, 1.54) is 0 Å². The Morgan fingerprint density at radius 2 is 2.00 bits per heavy atom. The zero-order valence-corrected chi connectivity index (χ0v) is 14.5. The third-order valence-electron chi connectivity index (χ3n) is 4.76. The van der Waals surface area contributed by atoms with E-state index in [1.54, 1.807) is 0 Å². The lowest BCUT2D eigenvalue weighted by molar-refractivity contribution is -0.148. The van der Waals surface area contributed by atoms with Crippen molar-refractivity contribution >= 4 is 22.7 Å². The van der Waals surface area contributed by atoms with Gasteiger partial charge in [-0.15, -0.1) is 0 Å². The van der Waals surface area contributed by atoms with Gasteiger partial charge in [-0.05, 0) is 31.2 Å². The molecule has 1 aromatic heterocycles. The molecule has 1 aliphatic rings. The summed E-state index contributed by atoms with van der Waals surface area (Å²) in [5, 5.41) is 0. The average molecular weight is 335 g/mol. The van der Waals surface area contributed by atoms with Crippen molar-refractivity contribution in [3.05, 3.63) is 48.5 Å². The molecule has 25 heavy (non-hydrogen) atoms. The molecule has 2 aromatic carbocycles. The quantitative estimate of drug-likeness (QED) is 0.687. The van der Waals surface area contributed by atoms with Crippen LogP contribution in [0.4, 0.5) is 5.69 Å². The third kappa shape index (κ3) is 2.76. The Kier molecular flexibility index (Phi) is 3.92. The molecule has 128 valence electrons. The second-order valence-corrected chi connectivity index (χ2v) is 6.39. The van der Waals surface area contributed by atoms with Gasteiger partial charge in [-0.2, -0.15) is 0 Å². The van der Waals surface area contributed by atoms with E-state index < -0.39 is 0 Å². The number of nitrogens with zero attached hydrogens (tertiary/aromatic N) is 3. The number of aromatic nitrogens is 2. The van der Waals surface area contributed by atoms with Crippen molar-refractivity contribution in [1.82, 2.24) is 9.55 Å². The Morgan fingerprint density at radius 1 is 1.20 bits per heavy atom. The summed E-state index contributed by atoms with van der Waals surface area (Å²) in [6.45, 7) is 3.71. The Morgan fingerprint density at radius 3 is 2.76 bits per heavy atom. The van der Waals surface area contributed by atoms with Crippen LogP contribution in [0.2, 0.25) is 0 Å². The van der Waals surface area contributed by atoms with Crippen LogP contribution in [0.1, 0.15) is 6.92 Å². The van der Waals surface area contributed by atoms with Gasteiger partial charge in [0.1, 0.15) is 5.82 Å². The molecule has 0 saturated carbocycles. The van der Waals surface area contributed by atoms with Crippen LogP contribution in [0, 0.1) is 5.92 Å². The normalized spacial score (nSPS) is 14.6. The molecule has 5 nitrogen and oxygen atoms in total. The highest BCUT2D eigenvalue weighted by Crippen LogP contribution is 2.30. The molecule has 1 aliphatic heterocycles. The smallest absolute Gasteiger partial charge is 0.312 e. The maximum absolute atomic E-state index is 11.8. The van der Waals surface area contributed by atoms with Crippen LogP contribution in [0.15, 0.2) is 48.5 Å². The number of fused-ring (bicyclic) bond motifs is 1. The molecular weight excluding hydrogens is 314 g/mol. The average Bonchev–Trinajstić information content (AvgIpc) is 2.91. The van der Waals surface area contributed by atoms with Gasteiger partial charge < -0.3 is 14.2 Å². The molecule has 1 fully saturated rings. The highest BCUT2D eigenvalue weighted by Gasteiger charge is 2.34. The van der Waals surface area contributed by atoms with Crippen molar-refractivity contribution in [2.75, 3.05) is 24.6 Å². The van der Waals surface area contributed by atoms with E-state index in [-0.39, 0.29) is 11.9 Å². The van der Waals surface area contributed by atoms with E-state index in [4.69, 9.17) is 9.72 Å². The summed E-state index contributed by atoms with van der Waals surface area (Å²) >= 11 is 0. The molecule has 2 heterocycles. The van der Waals surface area contributed by atoms with Gasteiger partial charge in [0.25, 0.3) is 0 Å². The largest absolute Gasteiger partial charge is 0.466 e. The van der Waals surface area contributed by atoms with E-state index in [2.05, 4.69) is 33.7 Å². The number of carbonyl (C=O) groups excluding carboxylic acids is 1. The van der Waals surface area contributed by atoms with Gasteiger partial charge in [-0.1, -0.05) is 24.3 Å². The summed E-state index contributed by atoms with van der Waals surface area (Å²) in [7, 11) is 2.04. The molecule has 0 spiro atoms. The monoisotopic (exact) mass is 335 g/mol. The van der Waals surface area contributed by atoms with E-state index in [0.29, 0.717) is 19.7 Å². The maximum Gasteiger partial charge on any atom is 0.312 e. The minimum atomic E-state index is -0.0924. The Hall–Kier alpha value is -2.82. The van der Waals surface area contributed by atoms with Gasteiger partial charge >= 0.3 is 5.97 Å². The summed E-state index contributed by atoms with van der Waals surface area (Å²) in [6.07, 6.45) is 0. The van der Waals surface area contributed by atoms with E-state index >= 15 is 0 Å². The molecule has 0 radical (unpaired) electrons. The molecule has 0 amide bonds. The van der Waals surface area contributed by atoms with Crippen molar-refractivity contribution in [1.29, 1.82) is 0 Å². The summed E-state index contributed by atoms with van der Waals surface area (Å²) in [5.74, 6) is 0.843. The van der Waals surface area contributed by atoms with Crippen LogP contribution in [0.5, 0.6) is 0 Å². The molecule has 0 N–H and O–H groups in total. The van der Waals surface area contributed by atoms with Gasteiger partial charge in [-0.25, -0.2) is 4.98 Å². The van der Waals surface area contributed by atoms with Crippen LogP contribution < -0.4 is 4.90 Å². The van der Waals surface area contributed by atoms with Crippen LogP contribution in [-0.2, 0) is 16.6 Å². The minimum absolute atomic E-state index is 0.0145. The standard InChI is InChI=1S/C20H21N3O2/c1-3-25-20(24)15-12-23(13-15)16-8-6-7-14(11-16)19-21-17-9-4-5-10-18(17)22(19)2/h4-11,15H,3,12-13H2,1-2H3. The molecule has 3 aromatic rings. The van der Waals surface area contributed by atoms with Crippen LogP contribution in [0.25, 0.3) is 22.4 Å². The molecule has 0 aliphatic carbocycles. The number of esters is 1. The molecule has 0 bridgehead atoms. The molecule has 0 unspecified atom stereocenters. The van der Waals surface area contributed by atoms with Crippen molar-refractivity contribution < 1.29 is 9.53 Å². The minimum Gasteiger partial charge on any atom is -0.466 e. The Labute approximate surface area is 146 Å². The number of carbonyl (C=O) groups is 1. The van der Waals surface area contributed by atoms with Gasteiger partial charge in [0.2, 0.25) is 0 Å². The number of para-hydroxylation sites is 2. The fourth-order valence-corrected chi connectivity index (χ4v) is 3.34. The highest BCUT2D eigenvalue weighted by atomic mass is 16.5. The number of hydrogen-bond acceptors (Lipinski definition) is 4. The Bertz CT molecular complexity index is 926. The number of ether oxygens (including phenoxy) is 1. The topological polar surface area (TPSA) is 47.4 Å². The summed E-state index contributed by atoms with van der Waals surface area (Å²) in [4.78, 5) is 18.7. The van der Waals surface area contributed by atoms with Crippen molar-refractivity contribution in [3.8, 4) is 11.4 Å². The summed E-state index contributed by atoms with van der Waals surface area (Å²) in [6, 6.07) is 16.5. The van der Waals surface area contributed by atoms with E-state index in [1.807, 2.05) is 38.2 Å². The summed E-state index contributed by atoms with van der Waals surface area (Å²) < 4.78 is 7.21. The lowest BCUT2D eigenvalue weighted by atomic mass is 9.99. The van der Waals surface area contributed by atoms with Gasteiger partial charge in [0, 0.05) is 31.4 Å². The molecule has 1 saturated heterocycles.